The minimum atomic E-state index is -0.516. The SMILES string of the molecule is COc1ccc(NC(=O)Cn2c(=O)n(CCc3cccs3)c(=O)c3ccccc32)cc1OC. The van der Waals surface area contributed by atoms with Gasteiger partial charge in [0.2, 0.25) is 5.91 Å². The van der Waals surface area contributed by atoms with E-state index in [-0.39, 0.29) is 18.6 Å². The summed E-state index contributed by atoms with van der Waals surface area (Å²) in [4.78, 5) is 40.2. The van der Waals surface area contributed by atoms with Crippen molar-refractivity contribution >= 4 is 33.8 Å². The molecule has 0 unspecified atom stereocenters. The fourth-order valence-electron chi connectivity index (χ4n) is 3.66. The number of para-hydroxylation sites is 1. The molecule has 2 heterocycles. The minimum absolute atomic E-state index is 0.236. The third-order valence-electron chi connectivity index (χ3n) is 5.26. The van der Waals surface area contributed by atoms with Crippen molar-refractivity contribution in [1.29, 1.82) is 0 Å². The molecule has 0 aliphatic carbocycles. The van der Waals surface area contributed by atoms with Gasteiger partial charge in [0.25, 0.3) is 5.56 Å². The molecule has 0 bridgehead atoms. The smallest absolute Gasteiger partial charge is 0.331 e. The summed E-state index contributed by atoms with van der Waals surface area (Å²) in [6.07, 6.45) is 0.559. The van der Waals surface area contributed by atoms with Gasteiger partial charge in [-0.2, -0.15) is 0 Å². The van der Waals surface area contributed by atoms with Crippen LogP contribution < -0.4 is 26.0 Å². The van der Waals surface area contributed by atoms with Gasteiger partial charge in [0, 0.05) is 23.2 Å². The van der Waals surface area contributed by atoms with Gasteiger partial charge in [-0.25, -0.2) is 4.79 Å². The Morgan fingerprint density at radius 3 is 2.48 bits per heavy atom. The van der Waals surface area contributed by atoms with Gasteiger partial charge in [-0.05, 0) is 42.1 Å². The first kappa shape index (κ1) is 22.3. The van der Waals surface area contributed by atoms with Crippen molar-refractivity contribution in [2.45, 2.75) is 19.5 Å². The molecule has 2 aromatic heterocycles. The highest BCUT2D eigenvalue weighted by molar-refractivity contribution is 7.09. The number of amides is 1. The number of hydrogen-bond donors (Lipinski definition) is 1. The van der Waals surface area contributed by atoms with E-state index in [4.69, 9.17) is 9.47 Å². The fraction of sp³-hybridized carbons (Fsp3) is 0.208. The number of methoxy groups -OCH3 is 2. The van der Waals surface area contributed by atoms with Crippen molar-refractivity contribution in [2.24, 2.45) is 0 Å². The first-order chi connectivity index (χ1) is 16.0. The van der Waals surface area contributed by atoms with Crippen LogP contribution in [0.1, 0.15) is 4.88 Å². The molecular formula is C24H23N3O5S. The molecule has 4 aromatic rings. The summed E-state index contributed by atoms with van der Waals surface area (Å²) in [6.45, 7) is -0.00666. The van der Waals surface area contributed by atoms with Gasteiger partial charge < -0.3 is 14.8 Å². The molecule has 0 saturated carbocycles. The van der Waals surface area contributed by atoms with Crippen molar-refractivity contribution in [3.8, 4) is 11.5 Å². The number of fused-ring (bicyclic) bond motifs is 1. The van der Waals surface area contributed by atoms with Crippen LogP contribution in [0.3, 0.4) is 0 Å². The predicted octanol–water partition coefficient (Wildman–Crippen LogP) is 3.12. The lowest BCUT2D eigenvalue weighted by Crippen LogP contribution is -2.42. The summed E-state index contributed by atoms with van der Waals surface area (Å²) in [5.74, 6) is 0.605. The van der Waals surface area contributed by atoms with E-state index in [1.165, 1.54) is 23.4 Å². The van der Waals surface area contributed by atoms with Crippen LogP contribution in [0.5, 0.6) is 11.5 Å². The van der Waals surface area contributed by atoms with Crippen LogP contribution in [0.15, 0.2) is 69.6 Å². The molecule has 2 aromatic carbocycles. The van der Waals surface area contributed by atoms with Crippen LogP contribution in [-0.2, 0) is 24.3 Å². The number of aryl methyl sites for hydroxylation is 1. The number of benzene rings is 2. The van der Waals surface area contributed by atoms with Crippen molar-refractivity contribution in [3.63, 3.8) is 0 Å². The zero-order valence-electron chi connectivity index (χ0n) is 18.2. The molecule has 170 valence electrons. The molecule has 0 saturated heterocycles. The number of carbonyl (C=O) groups excluding carboxylic acids is 1. The Bertz CT molecular complexity index is 1410. The largest absolute Gasteiger partial charge is 0.493 e. The summed E-state index contributed by atoms with van der Waals surface area (Å²) in [6, 6.07) is 15.7. The lowest BCUT2D eigenvalue weighted by molar-refractivity contribution is -0.116. The molecule has 0 aliphatic heterocycles. The van der Waals surface area contributed by atoms with Gasteiger partial charge in [0.15, 0.2) is 11.5 Å². The Labute approximate surface area is 193 Å². The van der Waals surface area contributed by atoms with E-state index < -0.39 is 11.6 Å². The average molecular weight is 466 g/mol. The molecule has 1 N–H and O–H groups in total. The topological polar surface area (TPSA) is 91.6 Å². The van der Waals surface area contributed by atoms with E-state index in [1.54, 1.807) is 53.8 Å². The second-order valence-corrected chi connectivity index (χ2v) is 8.32. The number of rotatable bonds is 8. The summed E-state index contributed by atoms with van der Waals surface area (Å²) < 4.78 is 13.0. The van der Waals surface area contributed by atoms with E-state index in [0.29, 0.717) is 34.5 Å². The van der Waals surface area contributed by atoms with Crippen LogP contribution in [-0.4, -0.2) is 29.3 Å². The van der Waals surface area contributed by atoms with Gasteiger partial charge in [0.05, 0.1) is 25.1 Å². The number of nitrogens with one attached hydrogen (secondary N) is 1. The van der Waals surface area contributed by atoms with Crippen molar-refractivity contribution in [3.05, 3.63) is 85.7 Å². The van der Waals surface area contributed by atoms with Gasteiger partial charge in [-0.3, -0.25) is 18.7 Å². The molecule has 4 rings (SSSR count). The maximum atomic E-state index is 13.2. The number of anilines is 1. The van der Waals surface area contributed by atoms with Gasteiger partial charge >= 0.3 is 5.69 Å². The predicted molar refractivity (Wildman–Crippen MR) is 129 cm³/mol. The molecule has 33 heavy (non-hydrogen) atoms. The summed E-state index contributed by atoms with van der Waals surface area (Å²) >= 11 is 1.57. The second kappa shape index (κ2) is 9.74. The molecule has 0 fully saturated rings. The van der Waals surface area contributed by atoms with Crippen LogP contribution in [0, 0.1) is 0 Å². The molecule has 9 heteroatoms. The van der Waals surface area contributed by atoms with E-state index in [9.17, 15) is 14.4 Å². The Kier molecular flexibility index (Phi) is 6.60. The molecule has 8 nitrogen and oxygen atoms in total. The van der Waals surface area contributed by atoms with Crippen LogP contribution >= 0.6 is 11.3 Å². The van der Waals surface area contributed by atoms with E-state index >= 15 is 0 Å². The minimum Gasteiger partial charge on any atom is -0.493 e. The standard InChI is InChI=1S/C24H23N3O5S/c1-31-20-10-9-16(14-21(20)32-2)25-22(28)15-27-19-8-4-3-7-18(19)23(29)26(24(27)30)12-11-17-6-5-13-33-17/h3-10,13-14H,11-12,15H2,1-2H3,(H,25,28). The Balaban J connectivity index is 1.66. The monoisotopic (exact) mass is 465 g/mol. The summed E-state index contributed by atoms with van der Waals surface area (Å²) in [5, 5.41) is 5.12. The van der Waals surface area contributed by atoms with Gasteiger partial charge in [-0.15, -0.1) is 11.3 Å². The first-order valence-corrected chi connectivity index (χ1v) is 11.2. The van der Waals surface area contributed by atoms with E-state index in [1.807, 2.05) is 17.5 Å². The number of thiophene rings is 1. The number of ether oxygens (including phenoxy) is 2. The van der Waals surface area contributed by atoms with Crippen molar-refractivity contribution < 1.29 is 14.3 Å². The molecule has 0 atom stereocenters. The molecular weight excluding hydrogens is 442 g/mol. The summed E-state index contributed by atoms with van der Waals surface area (Å²) in [7, 11) is 3.04. The zero-order chi connectivity index (χ0) is 23.4. The van der Waals surface area contributed by atoms with Crippen LogP contribution in [0.2, 0.25) is 0 Å². The lowest BCUT2D eigenvalue weighted by Gasteiger charge is -2.14. The first-order valence-electron chi connectivity index (χ1n) is 10.3. The fourth-order valence-corrected chi connectivity index (χ4v) is 4.35. The maximum Gasteiger partial charge on any atom is 0.331 e. The molecule has 0 radical (unpaired) electrons. The average Bonchev–Trinajstić information content (AvgIpc) is 3.35. The number of carbonyl (C=O) groups is 1. The Morgan fingerprint density at radius 1 is 0.970 bits per heavy atom. The number of nitrogens with zero attached hydrogens (tertiary/aromatic N) is 2. The lowest BCUT2D eigenvalue weighted by atomic mass is 10.2. The summed E-state index contributed by atoms with van der Waals surface area (Å²) in [5.41, 5.74) is 0.0461. The normalized spacial score (nSPS) is 10.8. The highest BCUT2D eigenvalue weighted by Crippen LogP contribution is 2.29. The van der Waals surface area contributed by atoms with Gasteiger partial charge in [-0.1, -0.05) is 18.2 Å². The quantitative estimate of drug-likeness (QED) is 0.432. The molecule has 1 amide bonds. The molecule has 0 aliphatic rings. The van der Waals surface area contributed by atoms with Crippen molar-refractivity contribution in [1.82, 2.24) is 9.13 Å². The third-order valence-corrected chi connectivity index (χ3v) is 6.20. The Morgan fingerprint density at radius 2 is 1.76 bits per heavy atom. The second-order valence-electron chi connectivity index (χ2n) is 7.29. The van der Waals surface area contributed by atoms with Crippen LogP contribution in [0.25, 0.3) is 10.9 Å². The zero-order valence-corrected chi connectivity index (χ0v) is 19.1. The third kappa shape index (κ3) is 4.68. The van der Waals surface area contributed by atoms with Gasteiger partial charge in [0.1, 0.15) is 6.54 Å². The Hall–Kier alpha value is -3.85. The number of aromatic nitrogens is 2. The molecule has 0 spiro atoms. The number of hydrogen-bond acceptors (Lipinski definition) is 6. The van der Waals surface area contributed by atoms with E-state index in [2.05, 4.69) is 5.32 Å². The highest BCUT2D eigenvalue weighted by atomic mass is 32.1. The van der Waals surface area contributed by atoms with E-state index in [0.717, 1.165) is 4.88 Å². The maximum absolute atomic E-state index is 13.2. The highest BCUT2D eigenvalue weighted by Gasteiger charge is 2.16. The van der Waals surface area contributed by atoms with Crippen LogP contribution in [0.4, 0.5) is 5.69 Å². The van der Waals surface area contributed by atoms with Crippen molar-refractivity contribution in [2.75, 3.05) is 19.5 Å².